The smallest absolute Gasteiger partial charge is 0.414 e. The lowest BCUT2D eigenvalue weighted by Crippen LogP contribution is -2.30. The number of nitrogens with zero attached hydrogens (tertiary/aromatic N) is 1. The summed E-state index contributed by atoms with van der Waals surface area (Å²) in [5, 5.41) is -0.0201. The molecule has 11 heteroatoms. The molecule has 4 nitrogen and oxygen atoms in total. The van der Waals surface area contributed by atoms with Crippen LogP contribution in [0.15, 0.2) is 65.6 Å². The molecule has 0 N–H and O–H groups in total. The van der Waals surface area contributed by atoms with E-state index in [9.17, 15) is 31.5 Å². The second kappa shape index (κ2) is 8.73. The van der Waals surface area contributed by atoms with E-state index in [-0.39, 0.29) is 37.9 Å². The Hall–Kier alpha value is -3.43. The number of hydrogen-bond acceptors (Lipinski definition) is 3. The molecule has 0 spiro atoms. The average molecular weight is 514 g/mol. The minimum Gasteiger partial charge on any atom is -0.414 e. The molecule has 4 aromatic rings. The third-order valence-corrected chi connectivity index (χ3v) is 5.46. The Morgan fingerprint density at radius 3 is 2.18 bits per heavy atom. The number of alkyl halides is 3. The average Bonchev–Trinajstić information content (AvgIpc) is 2.75. The van der Waals surface area contributed by atoms with Crippen LogP contribution in [0.1, 0.15) is 0 Å². The third-order valence-electron chi connectivity index (χ3n) is 4.83. The van der Waals surface area contributed by atoms with E-state index in [2.05, 4.69) is 4.74 Å². The van der Waals surface area contributed by atoms with Crippen molar-refractivity contribution in [1.29, 1.82) is 0 Å². The number of benzene rings is 2. The Morgan fingerprint density at radius 1 is 0.912 bits per heavy atom. The van der Waals surface area contributed by atoms with Crippen molar-refractivity contribution >= 4 is 34.7 Å². The van der Waals surface area contributed by atoms with Gasteiger partial charge >= 0.3 is 12.1 Å². The molecule has 0 unspecified atom stereocenters. The van der Waals surface area contributed by atoms with Gasteiger partial charge in [-0.2, -0.15) is 13.2 Å². The maximum atomic E-state index is 14.6. The van der Waals surface area contributed by atoms with Crippen LogP contribution in [0.2, 0.25) is 10.0 Å². The van der Waals surface area contributed by atoms with Crippen molar-refractivity contribution in [1.82, 2.24) is 4.40 Å². The first kappa shape index (κ1) is 23.7. The van der Waals surface area contributed by atoms with E-state index in [0.29, 0.717) is 6.07 Å². The van der Waals surface area contributed by atoms with Gasteiger partial charge in [-0.15, -0.1) is 0 Å². The van der Waals surface area contributed by atoms with Gasteiger partial charge in [0, 0.05) is 17.2 Å². The second-order valence-corrected chi connectivity index (χ2v) is 7.79. The first-order chi connectivity index (χ1) is 16.0. The van der Waals surface area contributed by atoms with Gasteiger partial charge in [0.2, 0.25) is 5.43 Å². The Labute approximate surface area is 197 Å². The highest BCUT2D eigenvalue weighted by atomic mass is 35.5. The van der Waals surface area contributed by atoms with E-state index in [1.807, 2.05) is 0 Å². The van der Waals surface area contributed by atoms with Crippen LogP contribution in [0.4, 0.5) is 22.0 Å². The first-order valence-electron chi connectivity index (χ1n) is 9.36. The molecule has 0 saturated heterocycles. The molecule has 2 aromatic heterocycles. The standard InChI is InChI=1S/C23H10Cl2F5NO3/c24-13-3-1-4-14(25)19(13)20-17-6-2-5-16(12-8-7-11(26)9-15(12)27)31(17)10-18(21(20)32)34-22(33)23(28,29)30/h1-10H. The summed E-state index contributed by atoms with van der Waals surface area (Å²) in [6, 6.07) is 11.2. The molecule has 34 heavy (non-hydrogen) atoms. The van der Waals surface area contributed by atoms with Crippen molar-refractivity contribution < 1.29 is 31.5 Å². The van der Waals surface area contributed by atoms with Gasteiger partial charge in [-0.05, 0) is 36.4 Å². The van der Waals surface area contributed by atoms with E-state index in [1.165, 1.54) is 36.4 Å². The Kier molecular flexibility index (Phi) is 6.09. The van der Waals surface area contributed by atoms with E-state index in [0.717, 1.165) is 22.7 Å². The number of hydrogen-bond donors (Lipinski definition) is 0. The van der Waals surface area contributed by atoms with E-state index in [1.54, 1.807) is 0 Å². The fourth-order valence-corrected chi connectivity index (χ4v) is 3.99. The van der Waals surface area contributed by atoms with Gasteiger partial charge in [0.15, 0.2) is 5.75 Å². The summed E-state index contributed by atoms with van der Waals surface area (Å²) in [6.07, 6.45) is -4.58. The van der Waals surface area contributed by atoms with Crippen molar-refractivity contribution in [2.75, 3.05) is 0 Å². The normalized spacial score (nSPS) is 11.6. The van der Waals surface area contributed by atoms with Crippen molar-refractivity contribution in [2.45, 2.75) is 6.18 Å². The maximum absolute atomic E-state index is 14.6. The van der Waals surface area contributed by atoms with Crippen molar-refractivity contribution in [3.8, 4) is 28.1 Å². The van der Waals surface area contributed by atoms with Crippen LogP contribution in [0.3, 0.4) is 0 Å². The number of aromatic nitrogens is 1. The number of carbonyl (C=O) groups is 1. The molecule has 0 aliphatic heterocycles. The van der Waals surface area contributed by atoms with Crippen LogP contribution in [-0.4, -0.2) is 16.5 Å². The summed E-state index contributed by atoms with van der Waals surface area (Å²) in [7, 11) is 0. The Morgan fingerprint density at radius 2 is 1.56 bits per heavy atom. The molecule has 0 saturated carbocycles. The van der Waals surface area contributed by atoms with Crippen molar-refractivity contribution in [3.63, 3.8) is 0 Å². The van der Waals surface area contributed by atoms with E-state index < -0.39 is 35.0 Å². The number of rotatable bonds is 3. The summed E-state index contributed by atoms with van der Waals surface area (Å²) in [5.74, 6) is -5.46. The molecule has 0 aliphatic carbocycles. The lowest BCUT2D eigenvalue weighted by Gasteiger charge is -2.17. The van der Waals surface area contributed by atoms with Gasteiger partial charge in [-0.25, -0.2) is 13.6 Å². The monoisotopic (exact) mass is 513 g/mol. The summed E-state index contributed by atoms with van der Waals surface area (Å²) < 4.78 is 72.1. The molecular formula is C23H10Cl2F5NO3. The highest BCUT2D eigenvalue weighted by molar-refractivity contribution is 6.39. The fraction of sp³-hybridized carbons (Fsp3) is 0.0435. The SMILES string of the molecule is O=C(Oc1cn2c(-c3ccc(F)cc3F)cccc2c(-c2c(Cl)cccc2Cl)c1=O)C(F)(F)F. The molecule has 2 heterocycles. The van der Waals surface area contributed by atoms with Crippen LogP contribution >= 0.6 is 23.2 Å². The van der Waals surface area contributed by atoms with Gasteiger partial charge in [-0.3, -0.25) is 4.79 Å². The molecule has 0 amide bonds. The largest absolute Gasteiger partial charge is 0.491 e. The molecule has 0 atom stereocenters. The van der Waals surface area contributed by atoms with Crippen LogP contribution < -0.4 is 10.2 Å². The van der Waals surface area contributed by atoms with Crippen molar-refractivity contribution in [3.05, 3.63) is 92.7 Å². The molecule has 4 rings (SSSR count). The summed E-state index contributed by atoms with van der Waals surface area (Å²) in [4.78, 5) is 24.7. The van der Waals surface area contributed by atoms with Gasteiger partial charge in [0.25, 0.3) is 0 Å². The maximum Gasteiger partial charge on any atom is 0.491 e. The third kappa shape index (κ3) is 4.24. The van der Waals surface area contributed by atoms with Crippen LogP contribution in [0, 0.1) is 11.6 Å². The zero-order chi connectivity index (χ0) is 24.8. The number of fused-ring (bicyclic) bond motifs is 1. The zero-order valence-corrected chi connectivity index (χ0v) is 18.1. The van der Waals surface area contributed by atoms with Gasteiger partial charge in [0.1, 0.15) is 11.6 Å². The lowest BCUT2D eigenvalue weighted by atomic mass is 10.0. The topological polar surface area (TPSA) is 47.8 Å². The fourth-order valence-electron chi connectivity index (χ4n) is 3.40. The molecule has 0 bridgehead atoms. The summed E-state index contributed by atoms with van der Waals surface area (Å²) in [5.41, 5.74) is -1.48. The minimum atomic E-state index is -5.39. The predicted octanol–water partition coefficient (Wildman–Crippen LogP) is 6.69. The van der Waals surface area contributed by atoms with Gasteiger partial charge in [0.05, 0.1) is 33.0 Å². The molecular weight excluding hydrogens is 504 g/mol. The van der Waals surface area contributed by atoms with Crippen LogP contribution in [-0.2, 0) is 4.79 Å². The molecule has 174 valence electrons. The zero-order valence-electron chi connectivity index (χ0n) is 16.6. The Balaban J connectivity index is 2.12. The van der Waals surface area contributed by atoms with E-state index >= 15 is 0 Å². The Bertz CT molecular complexity index is 1500. The molecule has 2 aromatic carbocycles. The molecule has 0 fully saturated rings. The lowest BCUT2D eigenvalue weighted by molar-refractivity contribution is -0.189. The van der Waals surface area contributed by atoms with Crippen LogP contribution in [0.5, 0.6) is 5.75 Å². The van der Waals surface area contributed by atoms with Crippen molar-refractivity contribution in [2.24, 2.45) is 0 Å². The first-order valence-corrected chi connectivity index (χ1v) is 10.1. The molecule has 0 aliphatic rings. The minimum absolute atomic E-state index is 0.0100. The highest BCUT2D eigenvalue weighted by Gasteiger charge is 2.42. The predicted molar refractivity (Wildman–Crippen MR) is 116 cm³/mol. The molecule has 0 radical (unpaired) electrons. The highest BCUT2D eigenvalue weighted by Crippen LogP contribution is 2.37. The number of halogens is 7. The second-order valence-electron chi connectivity index (χ2n) is 6.97. The number of esters is 1. The van der Waals surface area contributed by atoms with E-state index in [4.69, 9.17) is 23.2 Å². The number of carbonyl (C=O) groups excluding carboxylic acids is 1. The number of ether oxygens (including phenoxy) is 1. The van der Waals surface area contributed by atoms with Gasteiger partial charge < -0.3 is 9.14 Å². The van der Waals surface area contributed by atoms with Gasteiger partial charge in [-0.1, -0.05) is 35.3 Å². The summed E-state index contributed by atoms with van der Waals surface area (Å²) >= 11 is 12.5. The quantitative estimate of drug-likeness (QED) is 0.226. The summed E-state index contributed by atoms with van der Waals surface area (Å²) in [6.45, 7) is 0. The number of pyridine rings is 2. The van der Waals surface area contributed by atoms with Crippen LogP contribution in [0.25, 0.3) is 27.9 Å².